The molecule has 4 atom stereocenters. The number of rotatable bonds is 6. The van der Waals surface area contributed by atoms with Crippen LogP contribution in [0.5, 0.6) is 0 Å². The Morgan fingerprint density at radius 3 is 2.74 bits per heavy atom. The Bertz CT molecular complexity index is 1250. The van der Waals surface area contributed by atoms with Gasteiger partial charge in [0.15, 0.2) is 17.7 Å². The zero-order chi connectivity index (χ0) is 24.0. The van der Waals surface area contributed by atoms with E-state index in [0.29, 0.717) is 39.2 Å². The lowest BCUT2D eigenvalue weighted by molar-refractivity contribution is -0.195. The van der Waals surface area contributed by atoms with Crippen molar-refractivity contribution in [3.63, 3.8) is 0 Å². The first-order chi connectivity index (χ1) is 16.2. The van der Waals surface area contributed by atoms with Gasteiger partial charge in [0.1, 0.15) is 18.0 Å². The van der Waals surface area contributed by atoms with E-state index >= 15 is 0 Å². The van der Waals surface area contributed by atoms with Crippen LogP contribution in [0.25, 0.3) is 11.0 Å². The number of fused-ring (bicyclic) bond motifs is 2. The second-order valence-corrected chi connectivity index (χ2v) is 10.7. The molecule has 12 heteroatoms. The molecule has 0 spiro atoms. The van der Waals surface area contributed by atoms with Crippen LogP contribution in [0, 0.1) is 0 Å². The molecule has 0 unspecified atom stereocenters. The van der Waals surface area contributed by atoms with Crippen molar-refractivity contribution < 1.29 is 19.3 Å². The van der Waals surface area contributed by atoms with E-state index in [0.717, 1.165) is 16.9 Å². The Morgan fingerprint density at radius 1 is 1.21 bits per heavy atom. The minimum atomic E-state index is -0.762. The second-order valence-electron chi connectivity index (χ2n) is 8.63. The lowest BCUT2D eigenvalue weighted by Crippen LogP contribution is -2.31. The average molecular weight is 526 g/mol. The Balaban J connectivity index is 1.47. The molecule has 0 aliphatic carbocycles. The Hall–Kier alpha value is -1.79. The van der Waals surface area contributed by atoms with Crippen LogP contribution in [-0.2, 0) is 20.8 Å². The standard InChI is InChI=1S/C22H25Cl2N5O4S/c1-11(30)34-10-15-16-17(33-22(2,3)32-16)20(31-15)29-19-13(9-26-29)18(27-21(24)28-19)25-8-12-6-4-5-7-14(12)23/h4-7,9,15-17,20,30,34H,8,10H2,1-3H3,(H,25,27,28)/t15-,16-,17-,20-/m1/s1. The molecule has 2 N–H and O–H groups in total. The number of hydrogen-bond donors (Lipinski definition) is 3. The molecule has 0 bridgehead atoms. The third-order valence-corrected chi connectivity index (χ3v) is 7.23. The fourth-order valence-corrected chi connectivity index (χ4v) is 5.37. The summed E-state index contributed by atoms with van der Waals surface area (Å²) in [6.07, 6.45) is 0.115. The molecule has 182 valence electrons. The number of anilines is 1. The molecule has 2 aliphatic rings. The van der Waals surface area contributed by atoms with Gasteiger partial charge in [0.25, 0.3) is 0 Å². The minimum Gasteiger partial charge on any atom is -0.365 e. The molecule has 3 aromatic rings. The van der Waals surface area contributed by atoms with Gasteiger partial charge in [-0.05, 0) is 44.0 Å². The fourth-order valence-electron chi connectivity index (χ4n) is 4.27. The van der Waals surface area contributed by atoms with Crippen LogP contribution in [0.3, 0.4) is 0 Å². The summed E-state index contributed by atoms with van der Waals surface area (Å²) in [7, 11) is 0. The van der Waals surface area contributed by atoms with E-state index in [1.807, 2.05) is 38.1 Å². The lowest BCUT2D eigenvalue weighted by Gasteiger charge is -2.24. The van der Waals surface area contributed by atoms with Crippen LogP contribution in [0.15, 0.2) is 30.5 Å². The van der Waals surface area contributed by atoms with Gasteiger partial charge >= 0.3 is 0 Å². The summed E-state index contributed by atoms with van der Waals surface area (Å²) >= 11 is 13.3. The van der Waals surface area contributed by atoms with E-state index in [-0.39, 0.29) is 17.5 Å². The van der Waals surface area contributed by atoms with Crippen LogP contribution in [-0.4, -0.2) is 59.8 Å². The van der Waals surface area contributed by atoms with Gasteiger partial charge in [0, 0.05) is 17.3 Å². The molecule has 34 heavy (non-hydrogen) atoms. The highest BCUT2D eigenvalue weighted by Gasteiger charge is 2.56. The van der Waals surface area contributed by atoms with Crippen LogP contribution in [0.2, 0.25) is 10.3 Å². The number of benzene rings is 1. The molecule has 2 fully saturated rings. The van der Waals surface area contributed by atoms with Crippen molar-refractivity contribution in [2.75, 3.05) is 11.1 Å². The van der Waals surface area contributed by atoms with E-state index in [1.165, 1.54) is 0 Å². The SMILES string of the molecule is CC(O)=[SH]C[C@H]1O[C@@H](n2ncc3c(NCc4ccccc4Cl)nc(Cl)nc32)[C@@H]2OC(C)(C)O[C@@H]21. The van der Waals surface area contributed by atoms with Crippen molar-refractivity contribution in [1.82, 2.24) is 19.7 Å². The predicted molar refractivity (Wildman–Crippen MR) is 134 cm³/mol. The van der Waals surface area contributed by atoms with E-state index in [1.54, 1.807) is 17.8 Å². The zero-order valence-electron chi connectivity index (χ0n) is 18.8. The molecule has 0 amide bonds. The Labute approximate surface area is 210 Å². The normalized spacial score (nSPS) is 26.5. The van der Waals surface area contributed by atoms with Crippen molar-refractivity contribution in [2.24, 2.45) is 0 Å². The highest BCUT2D eigenvalue weighted by atomic mass is 35.5. The molecular formula is C22H25Cl2N5O4S. The van der Waals surface area contributed by atoms with Crippen LogP contribution >= 0.6 is 34.6 Å². The van der Waals surface area contributed by atoms with Crippen LogP contribution in [0.1, 0.15) is 32.6 Å². The zero-order valence-corrected chi connectivity index (χ0v) is 21.2. The van der Waals surface area contributed by atoms with E-state index < -0.39 is 18.1 Å². The van der Waals surface area contributed by atoms with Crippen molar-refractivity contribution in [1.29, 1.82) is 0 Å². The number of thiol groups is 1. The summed E-state index contributed by atoms with van der Waals surface area (Å²) < 4.78 is 20.3. The van der Waals surface area contributed by atoms with Gasteiger partial charge in [-0.3, -0.25) is 0 Å². The molecule has 0 radical (unpaired) electrons. The van der Waals surface area contributed by atoms with Gasteiger partial charge in [-0.25, -0.2) is 4.68 Å². The first kappa shape index (κ1) is 23.9. The van der Waals surface area contributed by atoms with Crippen molar-refractivity contribution in [3.05, 3.63) is 46.3 Å². The van der Waals surface area contributed by atoms with Gasteiger partial charge in [0.2, 0.25) is 5.28 Å². The molecule has 0 saturated carbocycles. The molecule has 2 saturated heterocycles. The van der Waals surface area contributed by atoms with Gasteiger partial charge < -0.3 is 24.6 Å². The lowest BCUT2D eigenvalue weighted by atomic mass is 10.1. The van der Waals surface area contributed by atoms with Gasteiger partial charge in [-0.1, -0.05) is 29.8 Å². The number of nitrogens with zero attached hydrogens (tertiary/aromatic N) is 4. The molecule has 2 aliphatic heterocycles. The maximum absolute atomic E-state index is 9.67. The largest absolute Gasteiger partial charge is 0.365 e. The molecular weight excluding hydrogens is 501 g/mol. The van der Waals surface area contributed by atoms with Crippen LogP contribution < -0.4 is 5.32 Å². The molecule has 4 heterocycles. The number of aliphatic hydroxyl groups excluding tert-OH is 1. The van der Waals surface area contributed by atoms with Crippen molar-refractivity contribution in [3.8, 4) is 0 Å². The third kappa shape index (κ3) is 4.68. The number of aliphatic hydroxyl groups is 1. The highest BCUT2D eigenvalue weighted by molar-refractivity contribution is 7.98. The van der Waals surface area contributed by atoms with Gasteiger partial charge in [0.05, 0.1) is 22.7 Å². The second kappa shape index (κ2) is 9.34. The molecule has 2 aromatic heterocycles. The number of nitrogens with one attached hydrogen (secondary N) is 1. The first-order valence-electron chi connectivity index (χ1n) is 10.8. The first-order valence-corrected chi connectivity index (χ1v) is 12.6. The van der Waals surface area contributed by atoms with E-state index in [4.69, 9.17) is 37.4 Å². The number of ether oxygens (including phenoxy) is 3. The van der Waals surface area contributed by atoms with Gasteiger partial charge in [-0.2, -0.15) is 26.4 Å². The Morgan fingerprint density at radius 2 is 1.97 bits per heavy atom. The fraction of sp³-hybridized carbons (Fsp3) is 0.455. The number of halogens is 2. The summed E-state index contributed by atoms with van der Waals surface area (Å²) in [4.78, 5) is 8.79. The summed E-state index contributed by atoms with van der Waals surface area (Å²) in [6.45, 7) is 5.87. The van der Waals surface area contributed by atoms with E-state index in [9.17, 15) is 5.11 Å². The summed E-state index contributed by atoms with van der Waals surface area (Å²) in [6, 6.07) is 7.58. The number of aromatic nitrogens is 4. The maximum Gasteiger partial charge on any atom is 0.226 e. The molecule has 9 nitrogen and oxygen atoms in total. The maximum atomic E-state index is 9.67. The van der Waals surface area contributed by atoms with Gasteiger partial charge in [-0.15, -0.1) is 0 Å². The minimum absolute atomic E-state index is 0.0787. The smallest absolute Gasteiger partial charge is 0.226 e. The highest BCUT2D eigenvalue weighted by Crippen LogP contribution is 2.44. The monoisotopic (exact) mass is 525 g/mol. The third-order valence-electron chi connectivity index (χ3n) is 5.70. The summed E-state index contributed by atoms with van der Waals surface area (Å²) in [5.74, 6) is 0.348. The average Bonchev–Trinajstić information content (AvgIpc) is 3.42. The summed E-state index contributed by atoms with van der Waals surface area (Å²) in [5.41, 5.74) is 1.44. The summed E-state index contributed by atoms with van der Waals surface area (Å²) in [5, 5.41) is 19.3. The van der Waals surface area contributed by atoms with Crippen molar-refractivity contribution >= 4 is 56.5 Å². The molecule has 5 rings (SSSR count). The quantitative estimate of drug-likeness (QED) is 0.248. The number of hydrogen-bond acceptors (Lipinski definition) is 7. The van der Waals surface area contributed by atoms with Crippen LogP contribution in [0.4, 0.5) is 5.82 Å². The molecule has 1 aromatic carbocycles. The van der Waals surface area contributed by atoms with Crippen molar-refractivity contribution in [2.45, 2.75) is 57.6 Å². The Kier molecular flexibility index (Phi) is 6.58. The topological polar surface area (TPSA) is 104 Å². The van der Waals surface area contributed by atoms with E-state index in [2.05, 4.69) is 20.4 Å². The predicted octanol–water partition coefficient (Wildman–Crippen LogP) is 4.34.